The highest BCUT2D eigenvalue weighted by Gasteiger charge is 2.15. The lowest BCUT2D eigenvalue weighted by Crippen LogP contribution is -2.25. The Morgan fingerprint density at radius 3 is 2.60 bits per heavy atom. The van der Waals surface area contributed by atoms with Gasteiger partial charge in [0.1, 0.15) is 5.82 Å². The average Bonchev–Trinajstić information content (AvgIpc) is 2.15. The molecule has 0 saturated carbocycles. The van der Waals surface area contributed by atoms with Gasteiger partial charge in [-0.25, -0.2) is 13.2 Å². The molecule has 0 radical (unpaired) electrons. The van der Waals surface area contributed by atoms with Gasteiger partial charge in [0.05, 0.1) is 12.2 Å². The van der Waals surface area contributed by atoms with Gasteiger partial charge in [-0.1, -0.05) is 12.1 Å². The number of hydrogen-bond donors (Lipinski definition) is 0. The van der Waals surface area contributed by atoms with Crippen LogP contribution in [0, 0.1) is 5.82 Å². The Morgan fingerprint density at radius 2 is 2.07 bits per heavy atom. The minimum absolute atomic E-state index is 0.0979. The Morgan fingerprint density at radius 1 is 1.40 bits per heavy atom. The predicted octanol–water partition coefficient (Wildman–Crippen LogP) is 3.27. The highest BCUT2D eigenvalue weighted by molar-refractivity contribution is 6.17. The van der Waals surface area contributed by atoms with E-state index in [0.717, 1.165) is 0 Å². The Kier molecular flexibility index (Phi) is 4.27. The van der Waals surface area contributed by atoms with Crippen LogP contribution in [0.2, 0.25) is 0 Å². The van der Waals surface area contributed by atoms with Gasteiger partial charge in [-0.3, -0.25) is 0 Å². The first-order valence-corrected chi connectivity index (χ1v) is 4.92. The van der Waals surface area contributed by atoms with Crippen LogP contribution >= 0.6 is 11.6 Å². The predicted molar refractivity (Wildman–Crippen MR) is 55.2 cm³/mol. The second-order valence-electron chi connectivity index (χ2n) is 3.15. The van der Waals surface area contributed by atoms with Crippen LogP contribution < -0.4 is 4.90 Å². The van der Waals surface area contributed by atoms with Crippen molar-refractivity contribution in [1.82, 2.24) is 0 Å². The van der Waals surface area contributed by atoms with Crippen molar-refractivity contribution in [1.29, 1.82) is 0 Å². The molecule has 0 aliphatic carbocycles. The van der Waals surface area contributed by atoms with E-state index >= 15 is 0 Å². The SMILES string of the molecule is CN(CC(F)F)c1c(F)cccc1CCl. The molecule has 0 aromatic heterocycles. The molecule has 1 aromatic carbocycles. The van der Waals surface area contributed by atoms with Gasteiger partial charge in [0, 0.05) is 12.9 Å². The molecule has 15 heavy (non-hydrogen) atoms. The molecule has 1 rings (SSSR count). The van der Waals surface area contributed by atoms with Crippen LogP contribution in [-0.4, -0.2) is 20.0 Å². The highest BCUT2D eigenvalue weighted by atomic mass is 35.5. The van der Waals surface area contributed by atoms with Gasteiger partial charge in [-0.05, 0) is 11.6 Å². The van der Waals surface area contributed by atoms with Gasteiger partial charge in [0.15, 0.2) is 0 Å². The maximum atomic E-state index is 13.4. The van der Waals surface area contributed by atoms with E-state index in [1.54, 1.807) is 6.07 Å². The molecule has 0 fully saturated rings. The molecule has 0 aliphatic rings. The molecular weight excluding hydrogens is 227 g/mol. The molecule has 0 unspecified atom stereocenters. The van der Waals surface area contributed by atoms with E-state index in [0.29, 0.717) is 5.56 Å². The number of hydrogen-bond acceptors (Lipinski definition) is 1. The van der Waals surface area contributed by atoms with Crippen LogP contribution in [0.4, 0.5) is 18.9 Å². The normalized spacial score (nSPS) is 10.8. The molecule has 0 bridgehead atoms. The third-order valence-electron chi connectivity index (χ3n) is 2.01. The standard InChI is InChI=1S/C10H11ClF3N/c1-15(6-9(13)14)10-7(5-11)3-2-4-8(10)12/h2-4,9H,5-6H2,1H3. The summed E-state index contributed by atoms with van der Waals surface area (Å²) < 4.78 is 37.7. The number of benzene rings is 1. The van der Waals surface area contributed by atoms with Crippen LogP contribution in [0.15, 0.2) is 18.2 Å². The molecule has 5 heteroatoms. The zero-order chi connectivity index (χ0) is 11.4. The smallest absolute Gasteiger partial charge is 0.255 e. The van der Waals surface area contributed by atoms with Gasteiger partial charge in [0.25, 0.3) is 6.43 Å². The van der Waals surface area contributed by atoms with E-state index in [4.69, 9.17) is 11.6 Å². The van der Waals surface area contributed by atoms with Crippen molar-refractivity contribution in [2.75, 3.05) is 18.5 Å². The molecular formula is C10H11ClF3N. The Bertz CT molecular complexity index is 330. The molecule has 1 aromatic rings. The van der Waals surface area contributed by atoms with Crippen molar-refractivity contribution in [2.24, 2.45) is 0 Å². The quantitative estimate of drug-likeness (QED) is 0.727. The first-order valence-electron chi connectivity index (χ1n) is 4.39. The lowest BCUT2D eigenvalue weighted by atomic mass is 10.1. The van der Waals surface area contributed by atoms with Crippen molar-refractivity contribution >= 4 is 17.3 Å². The third-order valence-corrected chi connectivity index (χ3v) is 2.30. The molecule has 0 aliphatic heterocycles. The Labute approximate surface area is 91.5 Å². The van der Waals surface area contributed by atoms with Crippen molar-refractivity contribution < 1.29 is 13.2 Å². The number of nitrogens with zero attached hydrogens (tertiary/aromatic N) is 1. The summed E-state index contributed by atoms with van der Waals surface area (Å²) in [7, 11) is 1.42. The van der Waals surface area contributed by atoms with Crippen LogP contribution in [0.25, 0.3) is 0 Å². The molecule has 0 amide bonds. The highest BCUT2D eigenvalue weighted by Crippen LogP contribution is 2.25. The fourth-order valence-electron chi connectivity index (χ4n) is 1.39. The molecule has 1 nitrogen and oxygen atoms in total. The van der Waals surface area contributed by atoms with Crippen molar-refractivity contribution in [3.05, 3.63) is 29.6 Å². The van der Waals surface area contributed by atoms with E-state index in [-0.39, 0.29) is 11.6 Å². The van der Waals surface area contributed by atoms with Crippen LogP contribution in [-0.2, 0) is 5.88 Å². The molecule has 0 N–H and O–H groups in total. The van der Waals surface area contributed by atoms with Crippen LogP contribution in [0.3, 0.4) is 0 Å². The zero-order valence-corrected chi connectivity index (χ0v) is 8.94. The van der Waals surface area contributed by atoms with Gasteiger partial charge >= 0.3 is 0 Å². The van der Waals surface area contributed by atoms with E-state index in [1.165, 1.54) is 24.1 Å². The lowest BCUT2D eigenvalue weighted by Gasteiger charge is -2.21. The number of anilines is 1. The topological polar surface area (TPSA) is 3.24 Å². The number of rotatable bonds is 4. The average molecular weight is 238 g/mol. The second-order valence-corrected chi connectivity index (χ2v) is 3.42. The third kappa shape index (κ3) is 3.02. The van der Waals surface area contributed by atoms with Gasteiger partial charge in [0.2, 0.25) is 0 Å². The van der Waals surface area contributed by atoms with E-state index < -0.39 is 18.8 Å². The summed E-state index contributed by atoms with van der Waals surface area (Å²) >= 11 is 5.60. The van der Waals surface area contributed by atoms with E-state index in [9.17, 15) is 13.2 Å². The first-order chi connectivity index (χ1) is 7.06. The second kappa shape index (κ2) is 5.26. The fraction of sp³-hybridized carbons (Fsp3) is 0.400. The molecule has 84 valence electrons. The molecule has 0 heterocycles. The van der Waals surface area contributed by atoms with E-state index in [2.05, 4.69) is 0 Å². The number of para-hydroxylation sites is 1. The molecule has 0 atom stereocenters. The summed E-state index contributed by atoms with van der Waals surface area (Å²) in [6, 6.07) is 4.35. The van der Waals surface area contributed by atoms with Crippen molar-refractivity contribution in [3.63, 3.8) is 0 Å². The largest absolute Gasteiger partial charge is 0.366 e. The molecule has 0 saturated heterocycles. The number of halogens is 4. The fourth-order valence-corrected chi connectivity index (χ4v) is 1.61. The van der Waals surface area contributed by atoms with Crippen LogP contribution in [0.5, 0.6) is 0 Å². The minimum Gasteiger partial charge on any atom is -0.366 e. The first kappa shape index (κ1) is 12.2. The Hall–Kier alpha value is -0.900. The molecule has 0 spiro atoms. The summed E-state index contributed by atoms with van der Waals surface area (Å²) in [5.41, 5.74) is 0.660. The summed E-state index contributed by atoms with van der Waals surface area (Å²) in [5.74, 6) is -0.433. The Balaban J connectivity index is 3.00. The monoisotopic (exact) mass is 237 g/mol. The van der Waals surface area contributed by atoms with Gasteiger partial charge < -0.3 is 4.90 Å². The maximum absolute atomic E-state index is 13.4. The summed E-state index contributed by atoms with van der Waals surface area (Å²) in [5, 5.41) is 0. The van der Waals surface area contributed by atoms with E-state index in [1.807, 2.05) is 0 Å². The van der Waals surface area contributed by atoms with Crippen molar-refractivity contribution in [3.8, 4) is 0 Å². The van der Waals surface area contributed by atoms with Crippen LogP contribution in [0.1, 0.15) is 5.56 Å². The van der Waals surface area contributed by atoms with Gasteiger partial charge in [-0.2, -0.15) is 0 Å². The minimum atomic E-state index is -2.50. The zero-order valence-electron chi connectivity index (χ0n) is 8.18. The van der Waals surface area contributed by atoms with Gasteiger partial charge in [-0.15, -0.1) is 11.6 Å². The summed E-state index contributed by atoms with van der Waals surface area (Å²) in [6.45, 7) is -0.509. The lowest BCUT2D eigenvalue weighted by molar-refractivity contribution is 0.156. The summed E-state index contributed by atoms with van der Waals surface area (Å²) in [6.07, 6.45) is -2.50. The summed E-state index contributed by atoms with van der Waals surface area (Å²) in [4.78, 5) is 1.18. The number of alkyl halides is 3. The maximum Gasteiger partial charge on any atom is 0.255 e. The van der Waals surface area contributed by atoms with Crippen molar-refractivity contribution in [2.45, 2.75) is 12.3 Å².